The fourth-order valence-corrected chi connectivity index (χ4v) is 2.38. The zero-order chi connectivity index (χ0) is 18.2. The molecule has 0 aliphatic carbocycles. The molecule has 1 heterocycles. The third-order valence-corrected chi connectivity index (χ3v) is 3.74. The maximum Gasteiger partial charge on any atom is 0.413 e. The number of hydrogen-bond donors (Lipinski definition) is 1. The van der Waals surface area contributed by atoms with E-state index in [-0.39, 0.29) is 18.3 Å². The van der Waals surface area contributed by atoms with Crippen LogP contribution in [0, 0.1) is 0 Å². The number of amides is 1. The van der Waals surface area contributed by atoms with Crippen LogP contribution in [-0.2, 0) is 18.0 Å². The van der Waals surface area contributed by atoms with Crippen LogP contribution < -0.4 is 10.1 Å². The number of rotatable bonds is 6. The zero-order valence-electron chi connectivity index (χ0n) is 13.8. The first-order valence-corrected chi connectivity index (χ1v) is 8.67. The molecule has 132 valence electrons. The molecule has 0 aliphatic heterocycles. The Morgan fingerprint density at radius 2 is 1.58 bits per heavy atom. The number of anilines is 1. The molecule has 1 amide bonds. The summed E-state index contributed by atoms with van der Waals surface area (Å²) in [5.41, 5.74) is 1.87. The molecule has 1 aromatic heterocycles. The van der Waals surface area contributed by atoms with Gasteiger partial charge in [0.15, 0.2) is 5.82 Å². The summed E-state index contributed by atoms with van der Waals surface area (Å²) >= 11 is 3.25. The van der Waals surface area contributed by atoms with Gasteiger partial charge in [-0.3, -0.25) is 5.32 Å². The number of nitrogens with one attached hydrogen (secondary N) is 1. The first kappa shape index (κ1) is 17.9. The molecule has 0 saturated heterocycles. The number of nitrogens with zero attached hydrogens (tertiary/aromatic N) is 2. The minimum Gasteiger partial charge on any atom is -0.470 e. The van der Waals surface area contributed by atoms with Gasteiger partial charge < -0.3 is 9.47 Å². The molecule has 2 aromatic carbocycles. The topological polar surface area (TPSA) is 73.3 Å². The first-order valence-electron chi connectivity index (χ1n) is 7.87. The highest BCUT2D eigenvalue weighted by Crippen LogP contribution is 2.22. The minimum atomic E-state index is -0.630. The van der Waals surface area contributed by atoms with Gasteiger partial charge in [-0.1, -0.05) is 60.7 Å². The highest BCUT2D eigenvalue weighted by molar-refractivity contribution is 9.10. The molecule has 0 unspecified atom stereocenters. The second-order valence-corrected chi connectivity index (χ2v) is 6.12. The molecule has 7 heteroatoms. The summed E-state index contributed by atoms with van der Waals surface area (Å²) in [6.45, 7) is 0.469. The number of aromatic nitrogens is 2. The lowest BCUT2D eigenvalue weighted by atomic mass is 10.2. The summed E-state index contributed by atoms with van der Waals surface area (Å²) in [4.78, 5) is 20.4. The van der Waals surface area contributed by atoms with E-state index in [1.807, 2.05) is 60.7 Å². The van der Waals surface area contributed by atoms with E-state index in [0.717, 1.165) is 11.1 Å². The number of carbonyl (C=O) groups excluding carboxylic acids is 1. The summed E-state index contributed by atoms with van der Waals surface area (Å²) in [6, 6.07) is 19.1. The Kier molecular flexibility index (Phi) is 6.16. The van der Waals surface area contributed by atoms with Crippen molar-refractivity contribution in [3.8, 4) is 5.88 Å². The van der Waals surface area contributed by atoms with Gasteiger partial charge in [0, 0.05) is 0 Å². The molecular formula is C19H16BrN3O3. The van der Waals surface area contributed by atoms with Crippen molar-refractivity contribution in [1.29, 1.82) is 0 Å². The molecule has 3 aromatic rings. The van der Waals surface area contributed by atoms with Crippen molar-refractivity contribution >= 4 is 27.8 Å². The highest BCUT2D eigenvalue weighted by atomic mass is 79.9. The monoisotopic (exact) mass is 413 g/mol. The standard InChI is InChI=1S/C19H16BrN3O3/c20-16-11-21-17(18(22-16)25-12-14-7-3-1-4-8-14)23-19(24)26-13-15-9-5-2-6-10-15/h1-11H,12-13H2,(H,21,23,24). The Balaban J connectivity index is 1.62. The van der Waals surface area contributed by atoms with Gasteiger partial charge in [0.2, 0.25) is 0 Å². The van der Waals surface area contributed by atoms with Crippen molar-refractivity contribution in [3.05, 3.63) is 82.6 Å². The van der Waals surface area contributed by atoms with Crippen LogP contribution in [0.1, 0.15) is 11.1 Å². The average Bonchev–Trinajstić information content (AvgIpc) is 2.68. The van der Waals surface area contributed by atoms with Gasteiger partial charge in [-0.05, 0) is 27.1 Å². The average molecular weight is 414 g/mol. The van der Waals surface area contributed by atoms with Gasteiger partial charge in [0.05, 0.1) is 6.20 Å². The Labute approximate surface area is 159 Å². The van der Waals surface area contributed by atoms with Crippen molar-refractivity contribution in [2.45, 2.75) is 13.2 Å². The van der Waals surface area contributed by atoms with Crippen LogP contribution in [0.4, 0.5) is 10.6 Å². The third kappa shape index (κ3) is 5.29. The van der Waals surface area contributed by atoms with E-state index in [0.29, 0.717) is 11.2 Å². The molecule has 0 radical (unpaired) electrons. The largest absolute Gasteiger partial charge is 0.470 e. The number of benzene rings is 2. The van der Waals surface area contributed by atoms with Gasteiger partial charge in [0.1, 0.15) is 17.8 Å². The third-order valence-electron chi connectivity index (χ3n) is 3.36. The van der Waals surface area contributed by atoms with E-state index < -0.39 is 6.09 Å². The summed E-state index contributed by atoms with van der Waals surface area (Å²) < 4.78 is 11.4. The van der Waals surface area contributed by atoms with E-state index in [1.54, 1.807) is 0 Å². The van der Waals surface area contributed by atoms with Crippen LogP contribution in [0.15, 0.2) is 71.5 Å². The number of ether oxygens (including phenoxy) is 2. The van der Waals surface area contributed by atoms with Crippen LogP contribution in [0.2, 0.25) is 0 Å². The molecule has 26 heavy (non-hydrogen) atoms. The Hall–Kier alpha value is -2.93. The molecule has 0 atom stereocenters. The molecule has 0 aliphatic rings. The minimum absolute atomic E-state index is 0.164. The lowest BCUT2D eigenvalue weighted by molar-refractivity contribution is 0.154. The Morgan fingerprint density at radius 1 is 0.962 bits per heavy atom. The summed E-state index contributed by atoms with van der Waals surface area (Å²) in [6.07, 6.45) is 0.845. The second kappa shape index (κ2) is 8.96. The quantitative estimate of drug-likeness (QED) is 0.640. The van der Waals surface area contributed by atoms with Gasteiger partial charge in [0.25, 0.3) is 5.88 Å². The molecule has 0 bridgehead atoms. The van der Waals surface area contributed by atoms with Crippen molar-refractivity contribution in [3.63, 3.8) is 0 Å². The molecule has 0 fully saturated rings. The lowest BCUT2D eigenvalue weighted by Gasteiger charge is -2.11. The van der Waals surface area contributed by atoms with Crippen molar-refractivity contribution < 1.29 is 14.3 Å². The summed E-state index contributed by atoms with van der Waals surface area (Å²) in [7, 11) is 0. The normalized spacial score (nSPS) is 10.2. The smallest absolute Gasteiger partial charge is 0.413 e. The number of carbonyl (C=O) groups is 1. The van der Waals surface area contributed by atoms with Crippen LogP contribution in [0.3, 0.4) is 0 Å². The summed E-state index contributed by atoms with van der Waals surface area (Å²) in [5.74, 6) is 0.405. The predicted octanol–water partition coefficient (Wildman–Crippen LogP) is 4.57. The highest BCUT2D eigenvalue weighted by Gasteiger charge is 2.13. The predicted molar refractivity (Wildman–Crippen MR) is 101 cm³/mol. The molecule has 6 nitrogen and oxygen atoms in total. The number of hydrogen-bond acceptors (Lipinski definition) is 5. The molecule has 3 rings (SSSR count). The van der Waals surface area contributed by atoms with Crippen molar-refractivity contribution in [1.82, 2.24) is 9.97 Å². The maximum atomic E-state index is 12.0. The first-order chi connectivity index (χ1) is 12.7. The van der Waals surface area contributed by atoms with Gasteiger partial charge in [-0.25, -0.2) is 14.8 Å². The molecule has 0 spiro atoms. The van der Waals surface area contributed by atoms with Crippen LogP contribution in [0.5, 0.6) is 5.88 Å². The Morgan fingerprint density at radius 3 is 2.23 bits per heavy atom. The van der Waals surface area contributed by atoms with Crippen LogP contribution >= 0.6 is 15.9 Å². The lowest BCUT2D eigenvalue weighted by Crippen LogP contribution is -2.16. The molecule has 1 N–H and O–H groups in total. The van der Waals surface area contributed by atoms with Gasteiger partial charge in [-0.2, -0.15) is 0 Å². The van der Waals surface area contributed by atoms with E-state index >= 15 is 0 Å². The SMILES string of the molecule is O=C(Nc1ncc(Br)nc1OCc1ccccc1)OCc1ccccc1. The Bertz CT molecular complexity index is 860. The summed E-state index contributed by atoms with van der Waals surface area (Å²) in [5, 5.41) is 2.56. The van der Waals surface area contributed by atoms with Gasteiger partial charge >= 0.3 is 6.09 Å². The maximum absolute atomic E-state index is 12.0. The van der Waals surface area contributed by atoms with E-state index in [9.17, 15) is 4.79 Å². The zero-order valence-corrected chi connectivity index (χ0v) is 15.3. The van der Waals surface area contributed by atoms with Crippen LogP contribution in [0.25, 0.3) is 0 Å². The van der Waals surface area contributed by atoms with E-state index in [1.165, 1.54) is 6.20 Å². The fourth-order valence-electron chi connectivity index (χ4n) is 2.12. The molecular weight excluding hydrogens is 398 g/mol. The van der Waals surface area contributed by atoms with Crippen LogP contribution in [-0.4, -0.2) is 16.1 Å². The van der Waals surface area contributed by atoms with Crippen molar-refractivity contribution in [2.24, 2.45) is 0 Å². The van der Waals surface area contributed by atoms with Gasteiger partial charge in [-0.15, -0.1) is 0 Å². The van der Waals surface area contributed by atoms with E-state index in [2.05, 4.69) is 31.2 Å². The van der Waals surface area contributed by atoms with Crippen molar-refractivity contribution in [2.75, 3.05) is 5.32 Å². The fraction of sp³-hybridized carbons (Fsp3) is 0.105. The second-order valence-electron chi connectivity index (χ2n) is 5.31. The molecule has 0 saturated carbocycles. The number of halogens is 1. The van der Waals surface area contributed by atoms with E-state index in [4.69, 9.17) is 9.47 Å².